The van der Waals surface area contributed by atoms with Crippen molar-refractivity contribution >= 4 is 45.1 Å². The third-order valence-electron chi connectivity index (χ3n) is 6.05. The maximum Gasteiger partial charge on any atom is 0.332 e. The lowest BCUT2D eigenvalue weighted by atomic mass is 10.1. The van der Waals surface area contributed by atoms with E-state index in [0.717, 1.165) is 27.6 Å². The second kappa shape index (κ2) is 8.14. The van der Waals surface area contributed by atoms with Gasteiger partial charge in [-0.2, -0.15) is 5.10 Å². The molecule has 0 fully saturated rings. The summed E-state index contributed by atoms with van der Waals surface area (Å²) in [6.07, 6.45) is 2.95. The van der Waals surface area contributed by atoms with Crippen LogP contribution in [0, 0.1) is 0 Å². The van der Waals surface area contributed by atoms with E-state index in [1.807, 2.05) is 24.3 Å². The molecule has 0 aliphatic rings. The van der Waals surface area contributed by atoms with Gasteiger partial charge in [-0.05, 0) is 30.7 Å². The van der Waals surface area contributed by atoms with E-state index in [0.29, 0.717) is 0 Å². The van der Waals surface area contributed by atoms with E-state index in [9.17, 15) is 14.4 Å². The highest BCUT2D eigenvalue weighted by atomic mass is 16.2. The number of rotatable bonds is 5. The first-order chi connectivity index (χ1) is 16.4. The molecule has 0 unspecified atom stereocenters. The number of benzene rings is 2. The maximum atomic E-state index is 12.5. The molecule has 10 heteroatoms. The smallest absolute Gasteiger partial charge is 0.332 e. The van der Waals surface area contributed by atoms with Crippen molar-refractivity contribution in [1.82, 2.24) is 28.7 Å². The highest BCUT2D eigenvalue weighted by Gasteiger charge is 2.16. The Kier molecular flexibility index (Phi) is 5.12. The molecule has 5 rings (SSSR count). The number of aromatic nitrogens is 5. The standard InChI is InChI=1S/C24H23N7O3/c1-4-31-18-8-6-5-7-16(18)17-11-15(9-10-19(17)31)12-26-27-20(32)13-30-14-25-22-21(30)23(33)29(3)24(34)28(22)2/h5-12,14H,4,13H2,1-3H3,(H,27,32)/b26-12+. The van der Waals surface area contributed by atoms with Gasteiger partial charge >= 0.3 is 5.69 Å². The minimum atomic E-state index is -0.508. The number of carbonyl (C=O) groups is 1. The lowest BCUT2D eigenvalue weighted by molar-refractivity contribution is -0.121. The van der Waals surface area contributed by atoms with Crippen LogP contribution in [-0.4, -0.2) is 35.4 Å². The number of para-hydroxylation sites is 1. The number of imidazole rings is 1. The van der Waals surface area contributed by atoms with Crippen molar-refractivity contribution in [3.8, 4) is 0 Å². The lowest BCUT2D eigenvalue weighted by Crippen LogP contribution is -2.38. The molecular formula is C24H23N7O3. The van der Waals surface area contributed by atoms with Crippen molar-refractivity contribution in [3.63, 3.8) is 0 Å². The SMILES string of the molecule is CCn1c2ccccc2c2cc(/C=N/NC(=O)Cn3cnc4c3c(=O)n(C)c(=O)n4C)ccc21. The van der Waals surface area contributed by atoms with Gasteiger partial charge in [0.1, 0.15) is 6.54 Å². The largest absolute Gasteiger partial charge is 0.341 e. The van der Waals surface area contributed by atoms with Crippen LogP contribution in [0.1, 0.15) is 12.5 Å². The summed E-state index contributed by atoms with van der Waals surface area (Å²) in [6.45, 7) is 2.83. The molecule has 3 aromatic heterocycles. The van der Waals surface area contributed by atoms with Crippen LogP contribution in [0.25, 0.3) is 33.0 Å². The summed E-state index contributed by atoms with van der Waals surface area (Å²) in [5.74, 6) is -0.421. The highest BCUT2D eigenvalue weighted by Crippen LogP contribution is 2.29. The van der Waals surface area contributed by atoms with Crippen molar-refractivity contribution in [2.75, 3.05) is 0 Å². The topological polar surface area (TPSA) is 108 Å². The minimum Gasteiger partial charge on any atom is -0.341 e. The third kappa shape index (κ3) is 3.31. The molecule has 2 aromatic carbocycles. The summed E-state index contributed by atoms with van der Waals surface area (Å²) in [4.78, 5) is 41.2. The Morgan fingerprint density at radius 2 is 1.82 bits per heavy atom. The predicted molar refractivity (Wildman–Crippen MR) is 131 cm³/mol. The Morgan fingerprint density at radius 3 is 2.62 bits per heavy atom. The number of aryl methyl sites for hydroxylation is 2. The maximum absolute atomic E-state index is 12.5. The molecular weight excluding hydrogens is 434 g/mol. The van der Waals surface area contributed by atoms with Crippen molar-refractivity contribution < 1.29 is 4.79 Å². The van der Waals surface area contributed by atoms with Crippen LogP contribution in [0.5, 0.6) is 0 Å². The summed E-state index contributed by atoms with van der Waals surface area (Å²) in [5, 5.41) is 6.38. The first-order valence-electron chi connectivity index (χ1n) is 10.8. The molecule has 34 heavy (non-hydrogen) atoms. The first-order valence-corrected chi connectivity index (χ1v) is 10.8. The van der Waals surface area contributed by atoms with E-state index >= 15 is 0 Å². The molecule has 0 saturated heterocycles. The molecule has 0 aliphatic carbocycles. The van der Waals surface area contributed by atoms with Crippen LogP contribution in [0.2, 0.25) is 0 Å². The van der Waals surface area contributed by atoms with Gasteiger partial charge in [-0.25, -0.2) is 15.2 Å². The number of amides is 1. The molecule has 0 radical (unpaired) electrons. The Labute approximate surface area is 193 Å². The number of carbonyl (C=O) groups excluding carboxylic acids is 1. The second-order valence-corrected chi connectivity index (χ2v) is 8.08. The molecule has 172 valence electrons. The molecule has 5 aromatic rings. The molecule has 3 heterocycles. The Morgan fingerprint density at radius 1 is 1.06 bits per heavy atom. The van der Waals surface area contributed by atoms with Crippen molar-refractivity contribution in [2.45, 2.75) is 20.0 Å². The molecule has 1 N–H and O–H groups in total. The molecule has 0 aliphatic heterocycles. The summed E-state index contributed by atoms with van der Waals surface area (Å²) >= 11 is 0. The predicted octanol–water partition coefficient (Wildman–Crippen LogP) is 1.71. The number of fused-ring (bicyclic) bond motifs is 4. The van der Waals surface area contributed by atoms with E-state index in [1.54, 1.807) is 6.21 Å². The third-order valence-corrected chi connectivity index (χ3v) is 6.05. The lowest BCUT2D eigenvalue weighted by Gasteiger charge is -2.06. The van der Waals surface area contributed by atoms with Crippen LogP contribution in [-0.2, 0) is 32.0 Å². The van der Waals surface area contributed by atoms with Crippen molar-refractivity contribution in [2.24, 2.45) is 19.2 Å². The number of hydrogen-bond acceptors (Lipinski definition) is 5. The number of hydrogen-bond donors (Lipinski definition) is 1. The van der Waals surface area contributed by atoms with Gasteiger partial charge in [-0.3, -0.25) is 18.7 Å². The van der Waals surface area contributed by atoms with Gasteiger partial charge in [0.25, 0.3) is 11.5 Å². The van der Waals surface area contributed by atoms with E-state index in [1.165, 1.54) is 40.5 Å². The number of nitrogens with zero attached hydrogens (tertiary/aromatic N) is 6. The summed E-state index contributed by atoms with van der Waals surface area (Å²) < 4.78 is 5.94. The molecule has 1 amide bonds. The fraction of sp³-hybridized carbons (Fsp3) is 0.208. The number of hydrazone groups is 1. The first kappa shape index (κ1) is 21.4. The minimum absolute atomic E-state index is 0.162. The van der Waals surface area contributed by atoms with Crippen LogP contribution < -0.4 is 16.7 Å². The normalized spacial score (nSPS) is 11.9. The monoisotopic (exact) mass is 457 g/mol. The van der Waals surface area contributed by atoms with Gasteiger partial charge in [0.2, 0.25) is 0 Å². The molecule has 0 atom stereocenters. The fourth-order valence-electron chi connectivity index (χ4n) is 4.38. The second-order valence-electron chi connectivity index (χ2n) is 8.08. The summed E-state index contributed by atoms with van der Waals surface area (Å²) in [7, 11) is 2.92. The van der Waals surface area contributed by atoms with Gasteiger partial charge in [-0.1, -0.05) is 24.3 Å². The Balaban J connectivity index is 1.38. The molecule has 10 nitrogen and oxygen atoms in total. The van der Waals surface area contributed by atoms with Crippen LogP contribution in [0.3, 0.4) is 0 Å². The number of nitrogens with one attached hydrogen (secondary N) is 1. The summed E-state index contributed by atoms with van der Waals surface area (Å²) in [5.41, 5.74) is 5.10. The van der Waals surface area contributed by atoms with E-state index < -0.39 is 17.2 Å². The zero-order valence-electron chi connectivity index (χ0n) is 19.0. The van der Waals surface area contributed by atoms with Crippen molar-refractivity contribution in [3.05, 3.63) is 75.2 Å². The van der Waals surface area contributed by atoms with Crippen LogP contribution in [0.15, 0.2) is 63.5 Å². The molecule has 0 saturated carbocycles. The van der Waals surface area contributed by atoms with Gasteiger partial charge in [0, 0.05) is 42.4 Å². The van der Waals surface area contributed by atoms with Gasteiger partial charge in [0.05, 0.1) is 12.5 Å². The van der Waals surface area contributed by atoms with E-state index in [2.05, 4.69) is 45.2 Å². The molecule has 0 spiro atoms. The zero-order chi connectivity index (χ0) is 24.0. The highest BCUT2D eigenvalue weighted by molar-refractivity contribution is 6.09. The quantitative estimate of drug-likeness (QED) is 0.320. The van der Waals surface area contributed by atoms with E-state index in [-0.39, 0.29) is 17.7 Å². The average molecular weight is 457 g/mol. The zero-order valence-corrected chi connectivity index (χ0v) is 19.0. The molecule has 0 bridgehead atoms. The van der Waals surface area contributed by atoms with Crippen LogP contribution >= 0.6 is 0 Å². The van der Waals surface area contributed by atoms with Gasteiger partial charge in [0.15, 0.2) is 11.2 Å². The van der Waals surface area contributed by atoms with Crippen molar-refractivity contribution in [1.29, 1.82) is 0 Å². The van der Waals surface area contributed by atoms with Gasteiger partial charge in [-0.15, -0.1) is 0 Å². The average Bonchev–Trinajstić information content (AvgIpc) is 3.40. The fourth-order valence-corrected chi connectivity index (χ4v) is 4.38. The Bertz CT molecular complexity index is 1730. The Hall–Kier alpha value is -4.47. The van der Waals surface area contributed by atoms with Gasteiger partial charge < -0.3 is 9.13 Å². The van der Waals surface area contributed by atoms with E-state index in [4.69, 9.17) is 0 Å². The van der Waals surface area contributed by atoms with Crippen LogP contribution in [0.4, 0.5) is 0 Å². The summed E-state index contributed by atoms with van der Waals surface area (Å²) in [6, 6.07) is 14.3.